The lowest BCUT2D eigenvalue weighted by Gasteiger charge is -2.59. The molecule has 0 heteroatoms. The molecule has 0 N–H and O–H groups in total. The molecule has 0 bridgehead atoms. The fraction of sp³-hybridized carbons (Fsp3) is 1.00. The van der Waals surface area contributed by atoms with Crippen molar-refractivity contribution in [2.24, 2.45) is 46.3 Å². The Morgan fingerprint density at radius 1 is 0.870 bits per heavy atom. The second kappa shape index (κ2) is 5.77. The first-order valence-corrected chi connectivity index (χ1v) is 11.0. The molecular weight excluding hydrogens is 276 g/mol. The van der Waals surface area contributed by atoms with Gasteiger partial charge in [-0.3, -0.25) is 0 Å². The van der Waals surface area contributed by atoms with E-state index in [9.17, 15) is 0 Å². The van der Waals surface area contributed by atoms with Gasteiger partial charge in [-0.15, -0.1) is 0 Å². The maximum Gasteiger partial charge on any atom is -0.0210 e. The minimum Gasteiger partial charge on any atom is -0.0651 e. The van der Waals surface area contributed by atoms with E-state index in [1.165, 1.54) is 32.1 Å². The summed E-state index contributed by atoms with van der Waals surface area (Å²) in [6.07, 6.45) is 17.0. The maximum atomic E-state index is 2.59. The molecule has 6 unspecified atom stereocenters. The SMILES string of the molecule is CCC1C(C2CCCC2(C)C)CCC2CC(C)CCC21C1CC1. The van der Waals surface area contributed by atoms with Crippen LogP contribution in [-0.4, -0.2) is 0 Å². The molecule has 0 saturated heterocycles. The van der Waals surface area contributed by atoms with Crippen molar-refractivity contribution in [3.63, 3.8) is 0 Å². The summed E-state index contributed by atoms with van der Waals surface area (Å²) in [6.45, 7) is 10.3. The zero-order valence-corrected chi connectivity index (χ0v) is 16.2. The zero-order valence-electron chi connectivity index (χ0n) is 16.2. The van der Waals surface area contributed by atoms with Crippen LogP contribution in [0.1, 0.15) is 98.3 Å². The molecule has 4 rings (SSSR count). The first-order valence-electron chi connectivity index (χ1n) is 11.0. The highest BCUT2D eigenvalue weighted by molar-refractivity contribution is 5.09. The molecule has 4 aliphatic carbocycles. The Kier molecular flexibility index (Phi) is 4.13. The lowest BCUT2D eigenvalue weighted by Crippen LogP contribution is -2.52. The molecular formula is C23H40. The molecule has 0 aromatic carbocycles. The summed E-state index contributed by atoms with van der Waals surface area (Å²) in [7, 11) is 0. The van der Waals surface area contributed by atoms with Gasteiger partial charge in [-0.25, -0.2) is 0 Å². The summed E-state index contributed by atoms with van der Waals surface area (Å²) in [6, 6.07) is 0. The normalized spacial score (nSPS) is 49.8. The van der Waals surface area contributed by atoms with Crippen LogP contribution < -0.4 is 0 Å². The minimum absolute atomic E-state index is 0.623. The fourth-order valence-corrected chi connectivity index (χ4v) is 8.16. The van der Waals surface area contributed by atoms with E-state index < -0.39 is 0 Å². The van der Waals surface area contributed by atoms with Gasteiger partial charge in [0.05, 0.1) is 0 Å². The average Bonchev–Trinajstić information content (AvgIpc) is 3.30. The van der Waals surface area contributed by atoms with Crippen molar-refractivity contribution in [1.82, 2.24) is 0 Å². The minimum atomic E-state index is 0.623. The van der Waals surface area contributed by atoms with Crippen LogP contribution >= 0.6 is 0 Å². The van der Waals surface area contributed by atoms with Gasteiger partial charge in [0.1, 0.15) is 0 Å². The summed E-state index contributed by atoms with van der Waals surface area (Å²) in [5.74, 6) is 6.36. The molecule has 0 aliphatic heterocycles. The second-order valence-corrected chi connectivity index (χ2v) is 10.7. The third-order valence-corrected chi connectivity index (χ3v) is 9.21. The third kappa shape index (κ3) is 2.53. The number of hydrogen-bond donors (Lipinski definition) is 0. The second-order valence-electron chi connectivity index (χ2n) is 10.7. The molecule has 0 aromatic rings. The van der Waals surface area contributed by atoms with Crippen molar-refractivity contribution in [2.75, 3.05) is 0 Å². The van der Waals surface area contributed by atoms with Crippen LogP contribution in [0.3, 0.4) is 0 Å². The van der Waals surface area contributed by atoms with Crippen LogP contribution in [0.2, 0.25) is 0 Å². The molecule has 6 atom stereocenters. The highest BCUT2D eigenvalue weighted by Gasteiger charge is 2.60. The molecule has 0 spiro atoms. The Morgan fingerprint density at radius 2 is 1.61 bits per heavy atom. The summed E-state index contributed by atoms with van der Waals surface area (Å²) in [5, 5.41) is 0. The van der Waals surface area contributed by atoms with E-state index in [1.807, 2.05) is 0 Å². The van der Waals surface area contributed by atoms with Crippen LogP contribution in [0.25, 0.3) is 0 Å². The highest BCUT2D eigenvalue weighted by Crippen LogP contribution is 2.68. The van der Waals surface area contributed by atoms with Gasteiger partial charge in [-0.05, 0) is 97.7 Å². The van der Waals surface area contributed by atoms with Crippen molar-refractivity contribution >= 4 is 0 Å². The number of hydrogen-bond acceptors (Lipinski definition) is 0. The van der Waals surface area contributed by atoms with E-state index in [2.05, 4.69) is 27.7 Å². The quantitative estimate of drug-likeness (QED) is 0.521. The van der Waals surface area contributed by atoms with Crippen molar-refractivity contribution < 1.29 is 0 Å². The van der Waals surface area contributed by atoms with Crippen LogP contribution in [-0.2, 0) is 0 Å². The first-order chi connectivity index (χ1) is 11.0. The smallest absolute Gasteiger partial charge is 0.0210 e. The van der Waals surface area contributed by atoms with Crippen LogP contribution in [0.15, 0.2) is 0 Å². The van der Waals surface area contributed by atoms with Crippen LogP contribution in [0.4, 0.5) is 0 Å². The Labute approximate surface area is 145 Å². The lowest BCUT2D eigenvalue weighted by atomic mass is 9.45. The summed E-state index contributed by atoms with van der Waals surface area (Å²) >= 11 is 0. The Hall–Kier alpha value is 0. The fourth-order valence-electron chi connectivity index (χ4n) is 8.16. The van der Waals surface area contributed by atoms with Gasteiger partial charge >= 0.3 is 0 Å². The van der Waals surface area contributed by atoms with Crippen LogP contribution in [0.5, 0.6) is 0 Å². The predicted octanol–water partition coefficient (Wildman–Crippen LogP) is 7.08. The maximum absolute atomic E-state index is 2.59. The Balaban J connectivity index is 1.66. The van der Waals surface area contributed by atoms with E-state index in [4.69, 9.17) is 0 Å². The van der Waals surface area contributed by atoms with Gasteiger partial charge in [-0.1, -0.05) is 47.0 Å². The van der Waals surface area contributed by atoms with E-state index in [1.54, 1.807) is 38.5 Å². The van der Waals surface area contributed by atoms with Crippen LogP contribution in [0, 0.1) is 46.3 Å². The van der Waals surface area contributed by atoms with Gasteiger partial charge in [0, 0.05) is 0 Å². The predicted molar refractivity (Wildman–Crippen MR) is 99.3 cm³/mol. The molecule has 0 heterocycles. The van der Waals surface area contributed by atoms with Crippen molar-refractivity contribution in [3.05, 3.63) is 0 Å². The molecule has 0 radical (unpaired) electrons. The highest BCUT2D eigenvalue weighted by atomic mass is 14.6. The molecule has 0 nitrogen and oxygen atoms in total. The largest absolute Gasteiger partial charge is 0.0651 e. The van der Waals surface area contributed by atoms with Gasteiger partial charge in [-0.2, -0.15) is 0 Å². The molecule has 4 fully saturated rings. The van der Waals surface area contributed by atoms with Gasteiger partial charge in [0.15, 0.2) is 0 Å². The van der Waals surface area contributed by atoms with Crippen molar-refractivity contribution in [3.8, 4) is 0 Å². The van der Waals surface area contributed by atoms with Gasteiger partial charge in [0.25, 0.3) is 0 Å². The monoisotopic (exact) mass is 316 g/mol. The van der Waals surface area contributed by atoms with Crippen molar-refractivity contribution in [2.45, 2.75) is 98.3 Å². The lowest BCUT2D eigenvalue weighted by molar-refractivity contribution is -0.104. The molecule has 4 aliphatic rings. The molecule has 132 valence electrons. The van der Waals surface area contributed by atoms with Gasteiger partial charge < -0.3 is 0 Å². The van der Waals surface area contributed by atoms with E-state index >= 15 is 0 Å². The standard InChI is InChI=1S/C23H40/c1-5-20-19(21-7-6-13-22(21,3)4)11-10-18-15-16(2)12-14-23(18,20)17-8-9-17/h16-21H,5-15H2,1-4H3. The Morgan fingerprint density at radius 3 is 2.22 bits per heavy atom. The number of fused-ring (bicyclic) bond motifs is 1. The van der Waals surface area contributed by atoms with E-state index in [0.29, 0.717) is 5.41 Å². The third-order valence-electron chi connectivity index (χ3n) is 9.21. The van der Waals surface area contributed by atoms with Crippen molar-refractivity contribution in [1.29, 1.82) is 0 Å². The average molecular weight is 317 g/mol. The molecule has 4 saturated carbocycles. The zero-order chi connectivity index (χ0) is 16.2. The summed E-state index contributed by atoms with van der Waals surface area (Å²) < 4.78 is 0. The first kappa shape index (κ1) is 16.5. The molecule has 0 aromatic heterocycles. The molecule has 0 amide bonds. The Bertz CT molecular complexity index is 431. The summed E-state index contributed by atoms with van der Waals surface area (Å²) in [4.78, 5) is 0. The number of rotatable bonds is 3. The topological polar surface area (TPSA) is 0 Å². The van der Waals surface area contributed by atoms with E-state index in [0.717, 1.165) is 40.9 Å². The van der Waals surface area contributed by atoms with Gasteiger partial charge in [0.2, 0.25) is 0 Å². The molecule has 23 heavy (non-hydrogen) atoms. The summed E-state index contributed by atoms with van der Waals surface area (Å²) in [5.41, 5.74) is 1.40. The van der Waals surface area contributed by atoms with E-state index in [-0.39, 0.29) is 0 Å².